The quantitative estimate of drug-likeness (QED) is 0.777. The van der Waals surface area contributed by atoms with Gasteiger partial charge >= 0.3 is 10.2 Å². The van der Waals surface area contributed by atoms with E-state index in [4.69, 9.17) is 4.74 Å². The lowest BCUT2D eigenvalue weighted by atomic mass is 10.1. The van der Waals surface area contributed by atoms with Crippen LogP contribution >= 0.6 is 0 Å². The van der Waals surface area contributed by atoms with Gasteiger partial charge in [0.25, 0.3) is 0 Å². The molecule has 0 saturated carbocycles. The summed E-state index contributed by atoms with van der Waals surface area (Å²) >= 11 is 0. The highest BCUT2D eigenvalue weighted by atomic mass is 32.3. The van der Waals surface area contributed by atoms with Crippen LogP contribution in [0.25, 0.3) is 0 Å². The molecule has 110 valence electrons. The van der Waals surface area contributed by atoms with Gasteiger partial charge in [-0.05, 0) is 31.2 Å². The Bertz CT molecular complexity index is 585. The van der Waals surface area contributed by atoms with E-state index in [0.29, 0.717) is 18.0 Å². The fourth-order valence-electron chi connectivity index (χ4n) is 2.31. The van der Waals surface area contributed by atoms with E-state index in [1.54, 1.807) is 24.3 Å². The minimum absolute atomic E-state index is 0.0519. The number of carbonyl (C=O) groups is 1. The summed E-state index contributed by atoms with van der Waals surface area (Å²) in [5.41, 5.74) is 0.664. The first-order valence-corrected chi connectivity index (χ1v) is 7.90. The molecule has 20 heavy (non-hydrogen) atoms. The Labute approximate surface area is 117 Å². The fraction of sp³-hybridized carbons (Fsp3) is 0.462. The number of rotatable bonds is 5. The average molecular weight is 301 g/mol. The van der Waals surface area contributed by atoms with Crippen molar-refractivity contribution >= 4 is 21.8 Å². The van der Waals surface area contributed by atoms with Crippen molar-refractivity contribution in [1.82, 2.24) is 0 Å². The van der Waals surface area contributed by atoms with Gasteiger partial charge in [-0.25, -0.2) is 0 Å². The molecule has 1 atom stereocenters. The Kier molecular flexibility index (Phi) is 4.27. The van der Waals surface area contributed by atoms with E-state index in [1.165, 1.54) is 4.90 Å². The summed E-state index contributed by atoms with van der Waals surface area (Å²) in [5.74, 6) is -0.593. The molecule has 1 heterocycles. The second kappa shape index (κ2) is 5.78. The maximum atomic E-state index is 12.7. The predicted molar refractivity (Wildman–Crippen MR) is 73.0 cm³/mol. The molecule has 1 unspecified atom stereocenters. The number of benzene rings is 1. The minimum atomic E-state index is -4.55. The molecule has 0 radical (unpaired) electrons. The number of ether oxygens (including phenoxy) is 1. The van der Waals surface area contributed by atoms with Crippen molar-refractivity contribution in [3.63, 3.8) is 0 Å². The van der Waals surface area contributed by atoms with Crippen LogP contribution in [-0.4, -0.2) is 33.2 Å². The van der Waals surface area contributed by atoms with Gasteiger partial charge in [-0.3, -0.25) is 4.79 Å². The van der Waals surface area contributed by atoms with E-state index in [2.05, 4.69) is 0 Å². The lowest BCUT2D eigenvalue weighted by Gasteiger charge is -2.17. The van der Waals surface area contributed by atoms with E-state index in [1.807, 2.05) is 6.92 Å². The van der Waals surface area contributed by atoms with Crippen molar-refractivity contribution in [2.24, 2.45) is 5.92 Å². The molecule has 1 saturated heterocycles. The first-order chi connectivity index (χ1) is 9.39. The monoisotopic (exact) mass is 301 g/mol. The second-order valence-electron chi connectivity index (χ2n) is 4.71. The van der Waals surface area contributed by atoms with E-state index < -0.39 is 21.9 Å². The molecule has 2 rings (SSSR count). The number of carbonyl (C=O) groups excluding carboxylic acids is 1. The van der Waals surface area contributed by atoms with Crippen LogP contribution in [0.5, 0.6) is 5.75 Å². The maximum absolute atomic E-state index is 12.7. The Hall–Kier alpha value is -1.63. The van der Waals surface area contributed by atoms with Crippen LogP contribution < -0.4 is 9.64 Å². The molecule has 0 N–H and O–H groups in total. The molecule has 1 amide bonds. The van der Waals surface area contributed by atoms with Crippen LogP contribution in [0.3, 0.4) is 0 Å². The third-order valence-electron chi connectivity index (χ3n) is 3.10. The largest absolute Gasteiger partial charge is 0.494 e. The number of amides is 1. The average Bonchev–Trinajstić information content (AvgIpc) is 2.69. The summed E-state index contributed by atoms with van der Waals surface area (Å²) in [7, 11) is -4.55. The zero-order chi connectivity index (χ0) is 14.8. The fourth-order valence-corrected chi connectivity index (χ4v) is 3.10. The van der Waals surface area contributed by atoms with Gasteiger partial charge in [-0.1, -0.05) is 0 Å². The van der Waals surface area contributed by atoms with Gasteiger partial charge < -0.3 is 9.64 Å². The van der Waals surface area contributed by atoms with Crippen molar-refractivity contribution in [3.05, 3.63) is 24.3 Å². The molecule has 1 fully saturated rings. The van der Waals surface area contributed by atoms with Gasteiger partial charge in [0.15, 0.2) is 0 Å². The van der Waals surface area contributed by atoms with Gasteiger partial charge in [0.2, 0.25) is 5.91 Å². The number of halogens is 1. The van der Waals surface area contributed by atoms with Crippen LogP contribution in [0.4, 0.5) is 9.57 Å². The molecular formula is C13H16FNO4S. The molecular weight excluding hydrogens is 285 g/mol. The summed E-state index contributed by atoms with van der Waals surface area (Å²) in [6.45, 7) is 2.65. The second-order valence-corrected chi connectivity index (χ2v) is 6.12. The number of hydrogen-bond acceptors (Lipinski definition) is 4. The Morgan fingerprint density at radius 1 is 1.35 bits per heavy atom. The van der Waals surface area contributed by atoms with Crippen LogP contribution in [0.1, 0.15) is 13.3 Å². The number of hydrogen-bond donors (Lipinski definition) is 0. The Balaban J connectivity index is 2.07. The van der Waals surface area contributed by atoms with Gasteiger partial charge in [0.05, 0.1) is 12.4 Å². The highest BCUT2D eigenvalue weighted by Gasteiger charge is 2.33. The van der Waals surface area contributed by atoms with Gasteiger partial charge in [-0.2, -0.15) is 8.42 Å². The molecule has 0 aliphatic carbocycles. The molecule has 1 aromatic rings. The van der Waals surface area contributed by atoms with E-state index in [9.17, 15) is 17.1 Å². The van der Waals surface area contributed by atoms with Crippen LogP contribution in [0.15, 0.2) is 24.3 Å². The molecule has 1 aromatic carbocycles. The lowest BCUT2D eigenvalue weighted by molar-refractivity contribution is -0.117. The lowest BCUT2D eigenvalue weighted by Crippen LogP contribution is -2.25. The third kappa shape index (κ3) is 3.69. The van der Waals surface area contributed by atoms with Gasteiger partial charge in [-0.15, -0.1) is 3.89 Å². The van der Waals surface area contributed by atoms with Crippen molar-refractivity contribution in [3.8, 4) is 5.75 Å². The van der Waals surface area contributed by atoms with Gasteiger partial charge in [0, 0.05) is 24.6 Å². The minimum Gasteiger partial charge on any atom is -0.494 e. The highest BCUT2D eigenvalue weighted by molar-refractivity contribution is 7.86. The summed E-state index contributed by atoms with van der Waals surface area (Å²) < 4.78 is 39.2. The molecule has 1 aliphatic heterocycles. The highest BCUT2D eigenvalue weighted by Crippen LogP contribution is 2.27. The van der Waals surface area contributed by atoms with E-state index in [-0.39, 0.29) is 18.9 Å². The molecule has 1 aliphatic rings. The van der Waals surface area contributed by atoms with Crippen molar-refractivity contribution in [1.29, 1.82) is 0 Å². The third-order valence-corrected chi connectivity index (χ3v) is 3.97. The Morgan fingerprint density at radius 3 is 2.55 bits per heavy atom. The summed E-state index contributed by atoms with van der Waals surface area (Å²) in [4.78, 5) is 13.3. The standard InChI is InChI=1S/C13H16FNO4S/c1-2-19-12-5-3-11(4-6-12)15-8-10(7-13(15)16)9-20(14,17)18/h3-6,10H,2,7-9H2,1H3. The number of nitrogens with zero attached hydrogens (tertiary/aromatic N) is 1. The molecule has 0 aromatic heterocycles. The van der Waals surface area contributed by atoms with Gasteiger partial charge in [0.1, 0.15) is 5.75 Å². The normalized spacial score (nSPS) is 19.4. The topological polar surface area (TPSA) is 63.7 Å². The van der Waals surface area contributed by atoms with E-state index >= 15 is 0 Å². The van der Waals surface area contributed by atoms with Crippen LogP contribution in [0, 0.1) is 5.92 Å². The van der Waals surface area contributed by atoms with Crippen molar-refractivity contribution in [2.75, 3.05) is 23.8 Å². The van der Waals surface area contributed by atoms with E-state index in [0.717, 1.165) is 0 Å². The van der Waals surface area contributed by atoms with Crippen molar-refractivity contribution < 1.29 is 21.8 Å². The molecule has 0 bridgehead atoms. The summed E-state index contributed by atoms with van der Waals surface area (Å²) in [5, 5.41) is 0. The molecule has 5 nitrogen and oxygen atoms in total. The Morgan fingerprint density at radius 2 is 2.00 bits per heavy atom. The smallest absolute Gasteiger partial charge is 0.302 e. The first-order valence-electron chi connectivity index (χ1n) is 6.34. The SMILES string of the molecule is CCOc1ccc(N2CC(CS(=O)(=O)F)CC2=O)cc1. The zero-order valence-electron chi connectivity index (χ0n) is 11.1. The van der Waals surface area contributed by atoms with Crippen LogP contribution in [0.2, 0.25) is 0 Å². The number of anilines is 1. The summed E-state index contributed by atoms with van der Waals surface area (Å²) in [6, 6.07) is 6.95. The zero-order valence-corrected chi connectivity index (χ0v) is 11.9. The molecule has 0 spiro atoms. The molecule has 7 heteroatoms. The van der Waals surface area contributed by atoms with Crippen molar-refractivity contribution in [2.45, 2.75) is 13.3 Å². The maximum Gasteiger partial charge on any atom is 0.302 e. The first kappa shape index (κ1) is 14.8. The predicted octanol–water partition coefficient (Wildman–Crippen LogP) is 1.74. The summed E-state index contributed by atoms with van der Waals surface area (Å²) in [6.07, 6.45) is 0.0519. The van der Waals surface area contributed by atoms with Crippen LogP contribution in [-0.2, 0) is 15.0 Å².